The molecule has 19 heavy (non-hydrogen) atoms. The summed E-state index contributed by atoms with van der Waals surface area (Å²) in [6, 6.07) is 4.06. The summed E-state index contributed by atoms with van der Waals surface area (Å²) in [5.41, 5.74) is 8.23. The molecular weight excluding hydrogens is 333 g/mol. The van der Waals surface area contributed by atoms with Gasteiger partial charge in [-0.3, -0.25) is 4.68 Å². The molecule has 1 aromatic heterocycles. The number of aromatic nitrogens is 2. The molecule has 0 aliphatic carbocycles. The number of halogens is 3. The second-order valence-corrected chi connectivity index (χ2v) is 5.62. The van der Waals surface area contributed by atoms with Crippen LogP contribution < -0.4 is 5.73 Å². The van der Waals surface area contributed by atoms with E-state index in [4.69, 9.17) is 17.3 Å². The van der Waals surface area contributed by atoms with Gasteiger partial charge >= 0.3 is 0 Å². The van der Waals surface area contributed by atoms with E-state index in [0.29, 0.717) is 17.0 Å². The zero-order valence-corrected chi connectivity index (χ0v) is 13.0. The fraction of sp³-hybridized carbons (Fsp3) is 0.308. The van der Waals surface area contributed by atoms with E-state index in [0.717, 1.165) is 15.9 Å². The van der Waals surface area contributed by atoms with Crippen molar-refractivity contribution < 1.29 is 4.39 Å². The van der Waals surface area contributed by atoms with E-state index in [1.807, 2.05) is 14.0 Å². The van der Waals surface area contributed by atoms with Crippen LogP contribution in [0.4, 0.5) is 4.39 Å². The van der Waals surface area contributed by atoms with Crippen LogP contribution in [0.5, 0.6) is 0 Å². The molecule has 1 aromatic carbocycles. The zero-order chi connectivity index (χ0) is 14.2. The molecule has 0 fully saturated rings. The predicted octanol–water partition coefficient (Wildman–Crippen LogP) is 3.53. The number of aryl methyl sites for hydroxylation is 2. The molecule has 2 N–H and O–H groups in total. The molecule has 1 heterocycles. The molecule has 0 amide bonds. The van der Waals surface area contributed by atoms with Gasteiger partial charge in [0, 0.05) is 30.1 Å². The average Bonchev–Trinajstić information content (AvgIpc) is 2.56. The van der Waals surface area contributed by atoms with Gasteiger partial charge in [0.25, 0.3) is 0 Å². The minimum Gasteiger partial charge on any atom is -0.323 e. The molecule has 102 valence electrons. The van der Waals surface area contributed by atoms with Crippen molar-refractivity contribution in [3.05, 3.63) is 50.5 Å². The Morgan fingerprint density at radius 3 is 2.74 bits per heavy atom. The van der Waals surface area contributed by atoms with Crippen LogP contribution in [-0.4, -0.2) is 9.78 Å². The van der Waals surface area contributed by atoms with Crippen molar-refractivity contribution in [2.75, 3.05) is 0 Å². The minimum absolute atomic E-state index is 0.343. The molecule has 0 bridgehead atoms. The Labute approximate surface area is 124 Å². The van der Waals surface area contributed by atoms with Crippen molar-refractivity contribution in [3.63, 3.8) is 0 Å². The highest BCUT2D eigenvalue weighted by molar-refractivity contribution is 9.10. The Kier molecular flexibility index (Phi) is 4.28. The van der Waals surface area contributed by atoms with E-state index < -0.39 is 6.04 Å². The van der Waals surface area contributed by atoms with Crippen LogP contribution >= 0.6 is 27.5 Å². The van der Waals surface area contributed by atoms with Crippen LogP contribution in [0, 0.1) is 12.7 Å². The van der Waals surface area contributed by atoms with E-state index in [2.05, 4.69) is 21.0 Å². The summed E-state index contributed by atoms with van der Waals surface area (Å²) in [4.78, 5) is 0. The zero-order valence-electron chi connectivity index (χ0n) is 10.6. The molecule has 2 rings (SSSR count). The Morgan fingerprint density at radius 1 is 1.53 bits per heavy atom. The molecular formula is C13H14BrClFN3. The second-order valence-electron chi connectivity index (χ2n) is 4.42. The van der Waals surface area contributed by atoms with Gasteiger partial charge in [-0.05, 0) is 35.0 Å². The lowest BCUT2D eigenvalue weighted by atomic mass is 10.0. The van der Waals surface area contributed by atoms with Gasteiger partial charge in [-0.2, -0.15) is 5.10 Å². The van der Waals surface area contributed by atoms with Crippen LogP contribution in [-0.2, 0) is 13.5 Å². The third-order valence-electron chi connectivity index (χ3n) is 3.05. The number of benzene rings is 1. The van der Waals surface area contributed by atoms with Gasteiger partial charge in [-0.15, -0.1) is 0 Å². The molecule has 0 saturated heterocycles. The number of rotatable bonds is 3. The summed E-state index contributed by atoms with van der Waals surface area (Å²) < 4.78 is 16.5. The lowest BCUT2D eigenvalue weighted by molar-refractivity contribution is 0.568. The van der Waals surface area contributed by atoms with Gasteiger partial charge < -0.3 is 5.73 Å². The molecule has 1 unspecified atom stereocenters. The summed E-state index contributed by atoms with van der Waals surface area (Å²) in [5, 5.41) is 4.64. The van der Waals surface area contributed by atoms with E-state index >= 15 is 0 Å². The maximum absolute atomic E-state index is 13.8. The molecule has 0 saturated carbocycles. The second kappa shape index (κ2) is 5.61. The fourth-order valence-electron chi connectivity index (χ4n) is 2.08. The number of nitrogens with two attached hydrogens (primary N) is 1. The smallest absolute Gasteiger partial charge is 0.129 e. The molecule has 0 aliphatic rings. The number of hydrogen-bond donors (Lipinski definition) is 1. The van der Waals surface area contributed by atoms with Crippen molar-refractivity contribution in [2.45, 2.75) is 19.4 Å². The standard InChI is InChI=1S/C13H14BrClFN3/c1-7-13(14)11(19(2)18-7)6-10(17)12-8(15)4-3-5-9(12)16/h3-5,10H,6,17H2,1-2H3. The van der Waals surface area contributed by atoms with Crippen molar-refractivity contribution in [2.24, 2.45) is 12.8 Å². The normalized spacial score (nSPS) is 12.7. The maximum Gasteiger partial charge on any atom is 0.129 e. The molecule has 3 nitrogen and oxygen atoms in total. The third kappa shape index (κ3) is 2.83. The van der Waals surface area contributed by atoms with Crippen molar-refractivity contribution >= 4 is 27.5 Å². The van der Waals surface area contributed by atoms with Gasteiger partial charge in [-0.1, -0.05) is 17.7 Å². The summed E-state index contributed by atoms with van der Waals surface area (Å²) in [7, 11) is 1.84. The van der Waals surface area contributed by atoms with Crippen LogP contribution in [0.15, 0.2) is 22.7 Å². The first-order valence-electron chi connectivity index (χ1n) is 5.79. The molecule has 0 radical (unpaired) electrons. The van der Waals surface area contributed by atoms with Crippen LogP contribution in [0.25, 0.3) is 0 Å². The Hall–Kier alpha value is -0.910. The highest BCUT2D eigenvalue weighted by Gasteiger charge is 2.19. The molecule has 2 aromatic rings. The van der Waals surface area contributed by atoms with Crippen molar-refractivity contribution in [3.8, 4) is 0 Å². The summed E-state index contributed by atoms with van der Waals surface area (Å²) >= 11 is 9.49. The summed E-state index contributed by atoms with van der Waals surface area (Å²) in [6.45, 7) is 1.90. The third-order valence-corrected chi connectivity index (χ3v) is 4.41. The SMILES string of the molecule is Cc1nn(C)c(CC(N)c2c(F)cccc2Cl)c1Br. The van der Waals surface area contributed by atoms with E-state index in [1.54, 1.807) is 16.8 Å². The van der Waals surface area contributed by atoms with Crippen LogP contribution in [0.2, 0.25) is 5.02 Å². The largest absolute Gasteiger partial charge is 0.323 e. The van der Waals surface area contributed by atoms with Gasteiger partial charge in [0.05, 0.1) is 15.9 Å². The van der Waals surface area contributed by atoms with Gasteiger partial charge in [0.2, 0.25) is 0 Å². The van der Waals surface area contributed by atoms with Crippen molar-refractivity contribution in [1.82, 2.24) is 9.78 Å². The first-order chi connectivity index (χ1) is 8.91. The first kappa shape index (κ1) is 14.5. The average molecular weight is 347 g/mol. The lowest BCUT2D eigenvalue weighted by Gasteiger charge is -2.15. The van der Waals surface area contributed by atoms with Gasteiger partial charge in [-0.25, -0.2) is 4.39 Å². The maximum atomic E-state index is 13.8. The monoisotopic (exact) mass is 345 g/mol. The van der Waals surface area contributed by atoms with Crippen LogP contribution in [0.3, 0.4) is 0 Å². The quantitative estimate of drug-likeness (QED) is 0.924. The fourth-order valence-corrected chi connectivity index (χ4v) is 2.88. The first-order valence-corrected chi connectivity index (χ1v) is 6.96. The van der Waals surface area contributed by atoms with Crippen LogP contribution in [0.1, 0.15) is 23.0 Å². The Bertz CT molecular complexity index is 592. The highest BCUT2D eigenvalue weighted by atomic mass is 79.9. The van der Waals surface area contributed by atoms with Gasteiger partial charge in [0.15, 0.2) is 0 Å². The molecule has 0 aliphatic heterocycles. The highest BCUT2D eigenvalue weighted by Crippen LogP contribution is 2.29. The summed E-state index contributed by atoms with van der Waals surface area (Å²) in [5.74, 6) is -0.380. The lowest BCUT2D eigenvalue weighted by Crippen LogP contribution is -2.17. The number of hydrogen-bond acceptors (Lipinski definition) is 2. The van der Waals surface area contributed by atoms with E-state index in [1.165, 1.54) is 6.07 Å². The summed E-state index contributed by atoms with van der Waals surface area (Å²) in [6.07, 6.45) is 0.457. The molecule has 0 spiro atoms. The van der Waals surface area contributed by atoms with E-state index in [-0.39, 0.29) is 5.82 Å². The molecule has 1 atom stereocenters. The Balaban J connectivity index is 2.33. The predicted molar refractivity (Wildman–Crippen MR) is 77.7 cm³/mol. The van der Waals surface area contributed by atoms with Crippen molar-refractivity contribution in [1.29, 1.82) is 0 Å². The molecule has 6 heteroatoms. The van der Waals surface area contributed by atoms with E-state index in [9.17, 15) is 4.39 Å². The topological polar surface area (TPSA) is 43.8 Å². The minimum atomic E-state index is -0.514. The Morgan fingerprint density at radius 2 is 2.21 bits per heavy atom. The van der Waals surface area contributed by atoms with Gasteiger partial charge in [0.1, 0.15) is 5.82 Å². The number of nitrogens with zero attached hydrogens (tertiary/aromatic N) is 2.